The minimum atomic E-state index is 0.244. The van der Waals surface area contributed by atoms with Crippen LogP contribution in [0.2, 0.25) is 0 Å². The van der Waals surface area contributed by atoms with Crippen LogP contribution < -0.4 is 4.74 Å². The van der Waals surface area contributed by atoms with Gasteiger partial charge < -0.3 is 4.74 Å². The highest BCUT2D eigenvalue weighted by atomic mass is 16.5. The highest BCUT2D eigenvalue weighted by molar-refractivity contribution is 5.27. The molecule has 1 nitrogen and oxygen atoms in total. The Kier molecular flexibility index (Phi) is 4.65. The predicted octanol–water partition coefficient (Wildman–Crippen LogP) is 7.81. The van der Waals surface area contributed by atoms with Crippen molar-refractivity contribution in [2.75, 3.05) is 0 Å². The summed E-state index contributed by atoms with van der Waals surface area (Å²) in [6.45, 7) is 12.6. The maximum absolute atomic E-state index is 6.99. The van der Waals surface area contributed by atoms with Crippen molar-refractivity contribution in [1.82, 2.24) is 0 Å². The van der Waals surface area contributed by atoms with E-state index in [4.69, 9.17) is 4.74 Å². The zero-order valence-electron chi connectivity index (χ0n) is 19.5. The third-order valence-electron chi connectivity index (χ3n) is 10.5. The summed E-state index contributed by atoms with van der Waals surface area (Å²) in [7, 11) is 0. The molecule has 29 heavy (non-hydrogen) atoms. The molecule has 4 aliphatic rings. The van der Waals surface area contributed by atoms with Crippen LogP contribution in [0, 0.1) is 46.8 Å². The maximum Gasteiger partial charge on any atom is 0.119 e. The molecule has 5 rings (SSSR count). The van der Waals surface area contributed by atoms with Gasteiger partial charge >= 0.3 is 0 Å². The summed E-state index contributed by atoms with van der Waals surface area (Å²) in [5.74, 6) is 4.42. The summed E-state index contributed by atoms with van der Waals surface area (Å²) >= 11 is 0. The van der Waals surface area contributed by atoms with Crippen molar-refractivity contribution < 1.29 is 4.74 Å². The summed E-state index contributed by atoms with van der Waals surface area (Å²) in [4.78, 5) is 0. The Labute approximate surface area is 179 Å². The summed E-state index contributed by atoms with van der Waals surface area (Å²) in [6.07, 6.45) is 13.3. The van der Waals surface area contributed by atoms with Crippen molar-refractivity contribution in [1.29, 1.82) is 0 Å². The molecule has 7 atom stereocenters. The van der Waals surface area contributed by atoms with E-state index >= 15 is 0 Å². The smallest absolute Gasteiger partial charge is 0.119 e. The van der Waals surface area contributed by atoms with Crippen LogP contribution in [0.5, 0.6) is 5.75 Å². The Morgan fingerprint density at radius 3 is 2.24 bits per heavy atom. The van der Waals surface area contributed by atoms with E-state index in [1.165, 1.54) is 63.4 Å². The molecule has 160 valence electrons. The Hall–Kier alpha value is -0.980. The van der Waals surface area contributed by atoms with Crippen molar-refractivity contribution in [2.24, 2.45) is 39.9 Å². The standard InChI is InChI=1S/C28H42O/c1-19-11-13-20(14-12-19)29-25-23-9-6-7-17-28(23,5)22-15-18-27(4)16-8-10-21(27)24(22)26(25,2)3/h11-14,21-25H,6-10,15-18H2,1-5H3/t21-,22+,23?,24-,25?,27-,28+/m0/s1. The third kappa shape index (κ3) is 2.93. The van der Waals surface area contributed by atoms with E-state index in [2.05, 4.69) is 58.9 Å². The van der Waals surface area contributed by atoms with Crippen LogP contribution in [0.15, 0.2) is 24.3 Å². The Balaban J connectivity index is 1.57. The molecule has 4 fully saturated rings. The highest BCUT2D eigenvalue weighted by Crippen LogP contribution is 2.70. The van der Waals surface area contributed by atoms with Gasteiger partial charge in [-0.1, -0.05) is 64.7 Å². The molecular formula is C28H42O. The van der Waals surface area contributed by atoms with Gasteiger partial charge in [-0.25, -0.2) is 0 Å². The van der Waals surface area contributed by atoms with Crippen LogP contribution in [-0.2, 0) is 0 Å². The van der Waals surface area contributed by atoms with Crippen molar-refractivity contribution >= 4 is 0 Å². The van der Waals surface area contributed by atoms with Crippen molar-refractivity contribution in [3.05, 3.63) is 29.8 Å². The number of aryl methyl sites for hydroxylation is 1. The van der Waals surface area contributed by atoms with Crippen LogP contribution in [0.4, 0.5) is 0 Å². The molecule has 2 unspecified atom stereocenters. The molecule has 0 amide bonds. The largest absolute Gasteiger partial charge is 0.490 e. The molecule has 1 heteroatoms. The zero-order chi connectivity index (χ0) is 20.4. The van der Waals surface area contributed by atoms with Gasteiger partial charge in [0.2, 0.25) is 0 Å². The number of rotatable bonds is 2. The first-order valence-corrected chi connectivity index (χ1v) is 12.5. The van der Waals surface area contributed by atoms with E-state index < -0.39 is 0 Å². The fourth-order valence-electron chi connectivity index (χ4n) is 8.95. The van der Waals surface area contributed by atoms with Crippen LogP contribution in [0.25, 0.3) is 0 Å². The summed E-state index contributed by atoms with van der Waals surface area (Å²) in [5, 5.41) is 0. The molecule has 0 heterocycles. The van der Waals surface area contributed by atoms with Crippen LogP contribution >= 0.6 is 0 Å². The van der Waals surface area contributed by atoms with Crippen molar-refractivity contribution in [3.63, 3.8) is 0 Å². The van der Waals surface area contributed by atoms with Crippen molar-refractivity contribution in [2.45, 2.75) is 98.5 Å². The summed E-state index contributed by atoms with van der Waals surface area (Å²) in [5.41, 5.74) is 2.62. The van der Waals surface area contributed by atoms with Crippen LogP contribution in [-0.4, -0.2) is 6.10 Å². The first-order valence-electron chi connectivity index (χ1n) is 12.5. The molecule has 0 spiro atoms. The quantitative estimate of drug-likeness (QED) is 0.497. The number of hydrogen-bond donors (Lipinski definition) is 0. The number of benzene rings is 1. The molecule has 0 N–H and O–H groups in total. The second-order valence-corrected chi connectivity index (χ2v) is 12.4. The molecule has 1 aromatic rings. The van der Waals surface area contributed by atoms with Crippen molar-refractivity contribution in [3.8, 4) is 5.75 Å². The number of fused-ring (bicyclic) bond motifs is 5. The van der Waals surface area contributed by atoms with E-state index in [0.717, 1.165) is 23.5 Å². The molecular weight excluding hydrogens is 352 g/mol. The van der Waals surface area contributed by atoms with E-state index in [1.807, 2.05) is 0 Å². The first-order chi connectivity index (χ1) is 13.8. The second-order valence-electron chi connectivity index (χ2n) is 12.4. The fourth-order valence-corrected chi connectivity index (χ4v) is 8.95. The average molecular weight is 395 g/mol. The van der Waals surface area contributed by atoms with E-state index in [1.54, 1.807) is 0 Å². The van der Waals surface area contributed by atoms with Crippen LogP contribution in [0.3, 0.4) is 0 Å². The molecule has 1 aromatic carbocycles. The third-order valence-corrected chi connectivity index (χ3v) is 10.5. The number of hydrogen-bond acceptors (Lipinski definition) is 1. The normalized spacial score (nSPS) is 45.8. The van der Waals surface area contributed by atoms with Gasteiger partial charge in [0, 0.05) is 11.3 Å². The van der Waals surface area contributed by atoms with E-state index in [-0.39, 0.29) is 5.41 Å². The molecule has 4 aliphatic carbocycles. The van der Waals surface area contributed by atoms with E-state index in [9.17, 15) is 0 Å². The van der Waals surface area contributed by atoms with E-state index in [0.29, 0.717) is 22.9 Å². The minimum Gasteiger partial charge on any atom is -0.490 e. The predicted molar refractivity (Wildman–Crippen MR) is 121 cm³/mol. The molecule has 0 bridgehead atoms. The Morgan fingerprint density at radius 2 is 1.48 bits per heavy atom. The Bertz CT molecular complexity index is 748. The average Bonchev–Trinajstić information content (AvgIpc) is 3.08. The lowest BCUT2D eigenvalue weighted by Crippen LogP contribution is -2.65. The molecule has 0 aliphatic heterocycles. The van der Waals surface area contributed by atoms with Gasteiger partial charge in [0.25, 0.3) is 0 Å². The minimum absolute atomic E-state index is 0.244. The van der Waals surface area contributed by atoms with Gasteiger partial charge in [-0.15, -0.1) is 0 Å². The van der Waals surface area contributed by atoms with Gasteiger partial charge in [-0.05, 0) is 86.2 Å². The Morgan fingerprint density at radius 1 is 0.759 bits per heavy atom. The fraction of sp³-hybridized carbons (Fsp3) is 0.786. The molecule has 0 aromatic heterocycles. The lowest BCUT2D eigenvalue weighted by atomic mass is 9.39. The van der Waals surface area contributed by atoms with Gasteiger partial charge in [-0.2, -0.15) is 0 Å². The van der Waals surface area contributed by atoms with Gasteiger partial charge in [0.15, 0.2) is 0 Å². The van der Waals surface area contributed by atoms with Gasteiger partial charge in [0.05, 0.1) is 0 Å². The SMILES string of the molecule is Cc1ccc(OC2C3CCCC[C@]3(C)[C@@H]3CC[C@]4(C)CCC[C@H]4[C@@H]3C2(C)C)cc1. The highest BCUT2D eigenvalue weighted by Gasteiger charge is 2.66. The topological polar surface area (TPSA) is 9.23 Å². The van der Waals surface area contributed by atoms with Gasteiger partial charge in [0.1, 0.15) is 11.9 Å². The summed E-state index contributed by atoms with van der Waals surface area (Å²) in [6, 6.07) is 8.84. The number of ether oxygens (including phenoxy) is 1. The zero-order valence-corrected chi connectivity index (χ0v) is 19.5. The first kappa shape index (κ1) is 20.0. The molecule has 0 radical (unpaired) electrons. The van der Waals surface area contributed by atoms with Crippen LogP contribution in [0.1, 0.15) is 91.0 Å². The summed E-state index contributed by atoms with van der Waals surface area (Å²) < 4.78 is 6.99. The molecule has 0 saturated heterocycles. The molecule has 4 saturated carbocycles. The monoisotopic (exact) mass is 394 g/mol. The van der Waals surface area contributed by atoms with Gasteiger partial charge in [-0.3, -0.25) is 0 Å². The lowest BCUT2D eigenvalue weighted by Gasteiger charge is -2.67. The maximum atomic E-state index is 6.99. The lowest BCUT2D eigenvalue weighted by molar-refractivity contribution is -0.211. The second kappa shape index (κ2) is 6.76.